The van der Waals surface area contributed by atoms with Crippen LogP contribution < -0.4 is 0 Å². The summed E-state index contributed by atoms with van der Waals surface area (Å²) >= 11 is 1.34. The number of nitrogens with zero attached hydrogens (tertiary/aromatic N) is 4. The van der Waals surface area contributed by atoms with E-state index in [0.717, 1.165) is 30.4 Å². The Hall–Kier alpha value is -2.22. The number of nitro benzene ring substituents is 1. The van der Waals surface area contributed by atoms with Gasteiger partial charge in [0, 0.05) is 30.7 Å². The van der Waals surface area contributed by atoms with E-state index in [-0.39, 0.29) is 17.2 Å². The Bertz CT molecular complexity index is 697. The molecule has 0 spiro atoms. The first-order valence-electron chi connectivity index (χ1n) is 7.39. The highest BCUT2D eigenvalue weighted by molar-refractivity contribution is 7.99. The van der Waals surface area contributed by atoms with Crippen LogP contribution in [0.25, 0.3) is 0 Å². The Morgan fingerprint density at radius 2 is 1.96 bits per heavy atom. The van der Waals surface area contributed by atoms with Crippen molar-refractivity contribution < 1.29 is 9.72 Å². The van der Waals surface area contributed by atoms with E-state index in [4.69, 9.17) is 0 Å². The van der Waals surface area contributed by atoms with Crippen molar-refractivity contribution in [3.63, 3.8) is 0 Å². The molecule has 0 unspecified atom stereocenters. The van der Waals surface area contributed by atoms with Gasteiger partial charge in [-0.25, -0.2) is 0 Å². The van der Waals surface area contributed by atoms with E-state index in [0.29, 0.717) is 5.56 Å². The molecule has 0 N–H and O–H groups in total. The summed E-state index contributed by atoms with van der Waals surface area (Å²) in [6.07, 6.45) is 1.85. The molecular weight excluding hydrogens is 316 g/mol. The molecule has 0 bridgehead atoms. The van der Waals surface area contributed by atoms with Crippen LogP contribution in [-0.4, -0.2) is 31.2 Å². The number of nitro groups is 1. The van der Waals surface area contributed by atoms with Crippen LogP contribution in [0.2, 0.25) is 0 Å². The lowest BCUT2D eigenvalue weighted by atomic mass is 10.1. The average molecular weight is 334 g/mol. The molecule has 0 fully saturated rings. The summed E-state index contributed by atoms with van der Waals surface area (Å²) in [5, 5.41) is 19.7. The second kappa shape index (κ2) is 7.87. The maximum Gasteiger partial charge on any atom is 0.269 e. The summed E-state index contributed by atoms with van der Waals surface area (Å²) < 4.78 is 2.01. The third-order valence-corrected chi connectivity index (χ3v) is 4.28. The number of thioether (sulfide) groups is 1. The van der Waals surface area contributed by atoms with Crippen molar-refractivity contribution in [3.05, 3.63) is 45.8 Å². The molecule has 1 aromatic carbocycles. The van der Waals surface area contributed by atoms with Crippen LogP contribution in [0, 0.1) is 10.1 Å². The van der Waals surface area contributed by atoms with Gasteiger partial charge in [0.1, 0.15) is 5.82 Å². The zero-order valence-electron chi connectivity index (χ0n) is 13.1. The lowest BCUT2D eigenvalue weighted by Gasteiger charge is -2.06. The van der Waals surface area contributed by atoms with E-state index in [1.54, 1.807) is 0 Å². The van der Waals surface area contributed by atoms with Gasteiger partial charge < -0.3 is 4.57 Å². The number of carbonyl (C=O) groups excluding carboxylic acids is 1. The van der Waals surface area contributed by atoms with Gasteiger partial charge in [-0.3, -0.25) is 14.9 Å². The fourth-order valence-corrected chi connectivity index (χ4v) is 3.05. The van der Waals surface area contributed by atoms with E-state index >= 15 is 0 Å². The summed E-state index contributed by atoms with van der Waals surface area (Å²) in [5.74, 6) is 1.06. The lowest BCUT2D eigenvalue weighted by Crippen LogP contribution is -2.06. The smallest absolute Gasteiger partial charge is 0.269 e. The molecule has 0 radical (unpaired) electrons. The van der Waals surface area contributed by atoms with Crippen molar-refractivity contribution in [2.45, 2.75) is 38.4 Å². The first-order chi connectivity index (χ1) is 11.1. The van der Waals surface area contributed by atoms with E-state index in [2.05, 4.69) is 17.1 Å². The molecule has 8 heteroatoms. The van der Waals surface area contributed by atoms with Gasteiger partial charge >= 0.3 is 0 Å². The van der Waals surface area contributed by atoms with Gasteiger partial charge in [0.05, 0.1) is 10.7 Å². The minimum absolute atomic E-state index is 0.0239. The highest BCUT2D eigenvalue weighted by atomic mass is 32.2. The van der Waals surface area contributed by atoms with Gasteiger partial charge in [-0.15, -0.1) is 10.2 Å². The zero-order chi connectivity index (χ0) is 16.8. The predicted octanol–water partition coefficient (Wildman–Crippen LogP) is 3.13. The maximum absolute atomic E-state index is 12.2. The third-order valence-electron chi connectivity index (χ3n) is 3.32. The van der Waals surface area contributed by atoms with Crippen molar-refractivity contribution in [1.29, 1.82) is 0 Å². The summed E-state index contributed by atoms with van der Waals surface area (Å²) in [6, 6.07) is 5.64. The van der Waals surface area contributed by atoms with E-state index in [1.165, 1.54) is 36.0 Å². The molecule has 1 heterocycles. The number of aryl methyl sites for hydroxylation is 1. The molecule has 7 nitrogen and oxygen atoms in total. The van der Waals surface area contributed by atoms with Gasteiger partial charge in [-0.1, -0.05) is 18.7 Å². The first-order valence-corrected chi connectivity index (χ1v) is 8.37. The molecule has 0 saturated heterocycles. The molecule has 0 aliphatic carbocycles. The second-order valence-corrected chi connectivity index (χ2v) is 5.85. The van der Waals surface area contributed by atoms with Gasteiger partial charge in [0.2, 0.25) is 0 Å². The number of carbonyl (C=O) groups is 1. The molecule has 122 valence electrons. The van der Waals surface area contributed by atoms with Crippen LogP contribution in [0.15, 0.2) is 29.4 Å². The van der Waals surface area contributed by atoms with Gasteiger partial charge in [-0.2, -0.15) is 0 Å². The van der Waals surface area contributed by atoms with Gasteiger partial charge in [0.25, 0.3) is 5.69 Å². The Balaban J connectivity index is 2.03. The van der Waals surface area contributed by atoms with Crippen molar-refractivity contribution >= 4 is 23.2 Å². The number of hydrogen-bond acceptors (Lipinski definition) is 6. The molecule has 1 aromatic heterocycles. The fourth-order valence-electron chi connectivity index (χ4n) is 2.13. The lowest BCUT2D eigenvalue weighted by molar-refractivity contribution is -0.384. The topological polar surface area (TPSA) is 90.9 Å². The van der Waals surface area contributed by atoms with Crippen LogP contribution >= 0.6 is 11.8 Å². The molecule has 2 aromatic rings. The normalized spacial score (nSPS) is 10.7. The second-order valence-electron chi connectivity index (χ2n) is 4.91. The zero-order valence-corrected chi connectivity index (χ0v) is 13.9. The summed E-state index contributed by atoms with van der Waals surface area (Å²) in [4.78, 5) is 22.3. The number of rotatable bonds is 8. The quantitative estimate of drug-likeness (QED) is 0.319. The van der Waals surface area contributed by atoms with Crippen molar-refractivity contribution in [3.8, 4) is 0 Å². The minimum Gasteiger partial charge on any atom is -0.306 e. The molecule has 0 aliphatic heterocycles. The van der Waals surface area contributed by atoms with E-state index in [9.17, 15) is 14.9 Å². The number of benzene rings is 1. The summed E-state index contributed by atoms with van der Waals surface area (Å²) in [5.41, 5.74) is 0.434. The first kappa shape index (κ1) is 17.1. The standard InChI is InChI=1S/C15H18N4O3S/c1-3-5-14-16-17-15(18(14)4-2)23-10-13(20)11-6-8-12(9-7-11)19(21)22/h6-9H,3-5,10H2,1-2H3. The molecule has 0 aliphatic rings. The van der Waals surface area contributed by atoms with Crippen molar-refractivity contribution in [2.24, 2.45) is 0 Å². The van der Waals surface area contributed by atoms with Crippen LogP contribution in [-0.2, 0) is 13.0 Å². The largest absolute Gasteiger partial charge is 0.306 e. The average Bonchev–Trinajstić information content (AvgIpc) is 2.94. The Morgan fingerprint density at radius 3 is 2.52 bits per heavy atom. The van der Waals surface area contributed by atoms with Crippen LogP contribution in [0.3, 0.4) is 0 Å². The van der Waals surface area contributed by atoms with Gasteiger partial charge in [0.15, 0.2) is 10.9 Å². The summed E-state index contributed by atoms with van der Waals surface area (Å²) in [7, 11) is 0. The third kappa shape index (κ3) is 4.16. The molecule has 0 amide bonds. The van der Waals surface area contributed by atoms with Crippen molar-refractivity contribution in [1.82, 2.24) is 14.8 Å². The number of non-ortho nitro benzene ring substituents is 1. The highest BCUT2D eigenvalue weighted by Crippen LogP contribution is 2.20. The maximum atomic E-state index is 12.2. The Labute approximate surface area is 138 Å². The highest BCUT2D eigenvalue weighted by Gasteiger charge is 2.14. The molecule has 2 rings (SSSR count). The molecular formula is C15H18N4O3S. The van der Waals surface area contributed by atoms with E-state index < -0.39 is 4.92 Å². The van der Waals surface area contributed by atoms with Crippen molar-refractivity contribution in [2.75, 3.05) is 5.75 Å². The van der Waals surface area contributed by atoms with Gasteiger partial charge in [-0.05, 0) is 25.5 Å². The number of ketones is 1. The predicted molar refractivity (Wildman–Crippen MR) is 87.8 cm³/mol. The molecule has 0 saturated carbocycles. The van der Waals surface area contributed by atoms with Crippen LogP contribution in [0.4, 0.5) is 5.69 Å². The SMILES string of the molecule is CCCc1nnc(SCC(=O)c2ccc([N+](=O)[O-])cc2)n1CC. The Morgan fingerprint density at radius 1 is 1.26 bits per heavy atom. The minimum atomic E-state index is -0.484. The van der Waals surface area contributed by atoms with Crippen LogP contribution in [0.1, 0.15) is 36.5 Å². The number of Topliss-reactive ketones (excluding diaryl/α,β-unsaturated/α-hetero) is 1. The van der Waals surface area contributed by atoms with Crippen LogP contribution in [0.5, 0.6) is 0 Å². The number of hydrogen-bond donors (Lipinski definition) is 0. The number of aromatic nitrogens is 3. The molecule has 23 heavy (non-hydrogen) atoms. The fraction of sp³-hybridized carbons (Fsp3) is 0.400. The monoisotopic (exact) mass is 334 g/mol. The summed E-state index contributed by atoms with van der Waals surface area (Å²) in [6.45, 7) is 4.86. The molecule has 0 atom stereocenters. The van der Waals surface area contributed by atoms with E-state index in [1.807, 2.05) is 11.5 Å². The Kier molecular flexibility index (Phi) is 5.86.